The molecule has 0 heterocycles. The fourth-order valence-electron chi connectivity index (χ4n) is 1.74. The molecule has 0 nitrogen and oxygen atoms in total. The number of aryl methyl sites for hydroxylation is 1. The van der Waals surface area contributed by atoms with Crippen LogP contribution in [0.25, 0.3) is 0 Å². The second-order valence-electron chi connectivity index (χ2n) is 4.18. The summed E-state index contributed by atoms with van der Waals surface area (Å²) < 4.78 is 27.5. The summed E-state index contributed by atoms with van der Waals surface area (Å²) in [4.78, 5) is -0.497. The van der Waals surface area contributed by atoms with Crippen LogP contribution in [0.15, 0.2) is 34.8 Å². The molecular formula is C14H9Br2ClF2. The number of hydrogen-bond donors (Lipinski definition) is 0. The molecule has 0 bridgehead atoms. The quantitative estimate of drug-likeness (QED) is 0.410. The summed E-state index contributed by atoms with van der Waals surface area (Å²) in [5.41, 5.74) is 1.93. The van der Waals surface area contributed by atoms with E-state index in [2.05, 4.69) is 31.9 Å². The van der Waals surface area contributed by atoms with Crippen LogP contribution in [0, 0.1) is 18.6 Å². The summed E-state index contributed by atoms with van der Waals surface area (Å²) in [5.74, 6) is -1.00. The molecular weight excluding hydrogens is 401 g/mol. The summed E-state index contributed by atoms with van der Waals surface area (Å²) in [6, 6.07) is 7.74. The fourth-order valence-corrected chi connectivity index (χ4v) is 3.28. The molecule has 0 saturated heterocycles. The van der Waals surface area contributed by atoms with Crippen LogP contribution in [0.2, 0.25) is 5.02 Å². The van der Waals surface area contributed by atoms with Crippen LogP contribution in [0.5, 0.6) is 0 Å². The molecule has 0 spiro atoms. The largest absolute Gasteiger partial charge is 0.207 e. The fraction of sp³-hybridized carbons (Fsp3) is 0.143. The van der Waals surface area contributed by atoms with Crippen LogP contribution in [0.4, 0.5) is 8.78 Å². The molecule has 100 valence electrons. The van der Waals surface area contributed by atoms with Crippen LogP contribution in [0.3, 0.4) is 0 Å². The summed E-state index contributed by atoms with van der Waals surface area (Å²) >= 11 is 12.5. The highest BCUT2D eigenvalue weighted by Crippen LogP contribution is 2.38. The lowest BCUT2D eigenvalue weighted by Crippen LogP contribution is -1.99. The molecule has 0 aliphatic rings. The summed E-state index contributed by atoms with van der Waals surface area (Å²) in [6.45, 7) is 1.92. The Bertz CT molecular complexity index is 629. The average molecular weight is 410 g/mol. The van der Waals surface area contributed by atoms with Gasteiger partial charge in [-0.25, -0.2) is 8.78 Å². The Hall–Kier alpha value is -0.450. The van der Waals surface area contributed by atoms with Gasteiger partial charge in [-0.05, 0) is 52.2 Å². The molecule has 1 atom stereocenters. The molecule has 0 saturated carbocycles. The molecule has 19 heavy (non-hydrogen) atoms. The Morgan fingerprint density at radius 1 is 1.05 bits per heavy atom. The van der Waals surface area contributed by atoms with E-state index in [9.17, 15) is 8.78 Å². The van der Waals surface area contributed by atoms with E-state index in [1.54, 1.807) is 12.1 Å². The first-order valence-corrected chi connectivity index (χ1v) is 7.53. The molecule has 0 aliphatic carbocycles. The zero-order valence-corrected chi connectivity index (χ0v) is 13.8. The first-order valence-electron chi connectivity index (χ1n) is 5.44. The predicted molar refractivity (Wildman–Crippen MR) is 81.0 cm³/mol. The smallest absolute Gasteiger partial charge is 0.137 e. The van der Waals surface area contributed by atoms with Gasteiger partial charge in [0.25, 0.3) is 0 Å². The van der Waals surface area contributed by atoms with E-state index >= 15 is 0 Å². The van der Waals surface area contributed by atoms with Crippen molar-refractivity contribution < 1.29 is 8.78 Å². The Balaban J connectivity index is 2.49. The van der Waals surface area contributed by atoms with Gasteiger partial charge >= 0.3 is 0 Å². The number of rotatable bonds is 2. The van der Waals surface area contributed by atoms with Crippen molar-refractivity contribution in [2.75, 3.05) is 0 Å². The highest BCUT2D eigenvalue weighted by molar-refractivity contribution is 9.10. The Labute approximate surface area is 132 Å². The molecule has 1 unspecified atom stereocenters. The van der Waals surface area contributed by atoms with E-state index in [1.165, 1.54) is 0 Å². The van der Waals surface area contributed by atoms with Crippen molar-refractivity contribution in [3.63, 3.8) is 0 Å². The van der Waals surface area contributed by atoms with Crippen LogP contribution in [-0.4, -0.2) is 0 Å². The second-order valence-corrected chi connectivity index (χ2v) is 6.35. The van der Waals surface area contributed by atoms with E-state index < -0.39 is 16.5 Å². The molecule has 0 N–H and O–H groups in total. The first kappa shape index (κ1) is 14.9. The Kier molecular flexibility index (Phi) is 4.64. The maximum Gasteiger partial charge on any atom is 0.137 e. The molecule has 2 rings (SSSR count). The second kappa shape index (κ2) is 5.90. The third kappa shape index (κ3) is 3.18. The van der Waals surface area contributed by atoms with E-state index in [0.29, 0.717) is 10.6 Å². The van der Waals surface area contributed by atoms with Gasteiger partial charge in [-0.3, -0.25) is 0 Å². The zero-order chi connectivity index (χ0) is 14.2. The van der Waals surface area contributed by atoms with Crippen molar-refractivity contribution in [3.05, 3.63) is 68.2 Å². The summed E-state index contributed by atoms with van der Waals surface area (Å²) in [5, 5.41) is 0.518. The average Bonchev–Trinajstić information content (AvgIpc) is 2.33. The first-order chi connectivity index (χ1) is 8.90. The molecule has 5 heteroatoms. The van der Waals surface area contributed by atoms with Crippen molar-refractivity contribution in [1.82, 2.24) is 0 Å². The SMILES string of the molecule is Cc1ccc(C(Br)c2cc(F)c(Br)cc2F)c(Cl)c1. The Morgan fingerprint density at radius 3 is 2.37 bits per heavy atom. The minimum Gasteiger partial charge on any atom is -0.207 e. The standard InChI is InChI=1S/C14H9Br2ClF2/c1-7-2-3-8(11(17)4-7)14(16)9-5-13(19)10(15)6-12(9)18/h2-6,14H,1H3. The molecule has 0 radical (unpaired) electrons. The van der Waals surface area contributed by atoms with Gasteiger partial charge in [-0.15, -0.1) is 0 Å². The lowest BCUT2D eigenvalue weighted by Gasteiger charge is -2.14. The van der Waals surface area contributed by atoms with E-state index in [0.717, 1.165) is 17.7 Å². The lowest BCUT2D eigenvalue weighted by molar-refractivity contribution is 0.583. The number of alkyl halides is 1. The number of halogens is 5. The van der Waals surface area contributed by atoms with E-state index in [-0.39, 0.29) is 10.0 Å². The van der Waals surface area contributed by atoms with Crippen molar-refractivity contribution >= 4 is 43.5 Å². The minimum absolute atomic E-state index is 0.100. The Morgan fingerprint density at radius 2 is 1.74 bits per heavy atom. The highest BCUT2D eigenvalue weighted by atomic mass is 79.9. The molecule has 0 fully saturated rings. The maximum atomic E-state index is 13.9. The van der Waals surface area contributed by atoms with Crippen molar-refractivity contribution in [3.8, 4) is 0 Å². The van der Waals surface area contributed by atoms with Crippen LogP contribution < -0.4 is 0 Å². The van der Waals surface area contributed by atoms with Gasteiger partial charge in [0.05, 0.1) is 9.30 Å². The topological polar surface area (TPSA) is 0 Å². The van der Waals surface area contributed by atoms with Gasteiger partial charge in [0.1, 0.15) is 11.6 Å². The summed E-state index contributed by atoms with van der Waals surface area (Å²) in [7, 11) is 0. The summed E-state index contributed by atoms with van der Waals surface area (Å²) in [6.07, 6.45) is 0. The zero-order valence-electron chi connectivity index (χ0n) is 9.85. The molecule has 2 aromatic rings. The lowest BCUT2D eigenvalue weighted by atomic mass is 10.0. The van der Waals surface area contributed by atoms with E-state index in [4.69, 9.17) is 11.6 Å². The van der Waals surface area contributed by atoms with E-state index in [1.807, 2.05) is 13.0 Å². The number of benzene rings is 2. The number of hydrogen-bond acceptors (Lipinski definition) is 0. The van der Waals surface area contributed by atoms with Gasteiger partial charge in [-0.1, -0.05) is 39.7 Å². The maximum absolute atomic E-state index is 13.9. The highest BCUT2D eigenvalue weighted by Gasteiger charge is 2.19. The van der Waals surface area contributed by atoms with Crippen LogP contribution in [0.1, 0.15) is 21.5 Å². The van der Waals surface area contributed by atoms with Gasteiger partial charge in [0, 0.05) is 10.6 Å². The minimum atomic E-state index is -0.510. The van der Waals surface area contributed by atoms with Gasteiger partial charge in [-0.2, -0.15) is 0 Å². The third-order valence-corrected chi connectivity index (χ3v) is 4.66. The molecule has 0 amide bonds. The van der Waals surface area contributed by atoms with Crippen molar-refractivity contribution in [2.24, 2.45) is 0 Å². The van der Waals surface area contributed by atoms with Gasteiger partial charge < -0.3 is 0 Å². The monoisotopic (exact) mass is 408 g/mol. The predicted octanol–water partition coefficient (Wildman–Crippen LogP) is 6.17. The molecule has 0 aromatic heterocycles. The normalized spacial score (nSPS) is 12.5. The molecule has 0 aliphatic heterocycles. The van der Waals surface area contributed by atoms with Gasteiger partial charge in [0.15, 0.2) is 0 Å². The third-order valence-electron chi connectivity index (χ3n) is 2.74. The van der Waals surface area contributed by atoms with Crippen molar-refractivity contribution in [1.29, 1.82) is 0 Å². The van der Waals surface area contributed by atoms with Crippen LogP contribution >= 0.6 is 43.5 Å². The molecule has 2 aromatic carbocycles. The van der Waals surface area contributed by atoms with Crippen molar-refractivity contribution in [2.45, 2.75) is 11.8 Å². The van der Waals surface area contributed by atoms with Crippen LogP contribution in [-0.2, 0) is 0 Å². The van der Waals surface area contributed by atoms with Gasteiger partial charge in [0.2, 0.25) is 0 Å².